The molecule has 0 saturated carbocycles. The molecule has 3 heteroatoms. The largest absolute Gasteiger partial charge is 1.00 e. The highest BCUT2D eigenvalue weighted by molar-refractivity contribution is 5.41. The van der Waals surface area contributed by atoms with E-state index in [-0.39, 0.29) is 22.9 Å². The third-order valence-corrected chi connectivity index (χ3v) is 5.77. The molecule has 0 bridgehead atoms. The van der Waals surface area contributed by atoms with Crippen LogP contribution in [0.15, 0.2) is 54.6 Å². The SMILES string of the molecule is CC(C)[N+](C)(CC[C@@H](c1ccccc1)c1ccccc1O)C(C)C.[Br-]. The molecule has 1 N–H and O–H groups in total. The lowest BCUT2D eigenvalue weighted by Gasteiger charge is -2.43. The fourth-order valence-corrected chi connectivity index (χ4v) is 3.49. The number of hydrogen-bond acceptors (Lipinski definition) is 1. The molecule has 2 aromatic carbocycles. The van der Waals surface area contributed by atoms with Gasteiger partial charge in [0.1, 0.15) is 5.75 Å². The molecular formula is C22H32BrNO. The Labute approximate surface area is 163 Å². The van der Waals surface area contributed by atoms with E-state index in [1.165, 1.54) is 5.56 Å². The van der Waals surface area contributed by atoms with Crippen LogP contribution in [0.1, 0.15) is 51.2 Å². The molecular weight excluding hydrogens is 374 g/mol. The van der Waals surface area contributed by atoms with Gasteiger partial charge in [-0.2, -0.15) is 0 Å². The molecule has 0 heterocycles. The number of phenols is 1. The van der Waals surface area contributed by atoms with Gasteiger partial charge in [0.25, 0.3) is 0 Å². The van der Waals surface area contributed by atoms with Gasteiger partial charge in [-0.1, -0.05) is 48.5 Å². The highest BCUT2D eigenvalue weighted by atomic mass is 79.9. The first-order valence-corrected chi connectivity index (χ1v) is 9.04. The maximum atomic E-state index is 10.4. The normalized spacial score (nSPS) is 12.9. The van der Waals surface area contributed by atoms with E-state index in [1.807, 2.05) is 18.2 Å². The summed E-state index contributed by atoms with van der Waals surface area (Å²) in [6, 6.07) is 19.5. The van der Waals surface area contributed by atoms with Crippen molar-refractivity contribution in [1.82, 2.24) is 0 Å². The molecule has 0 unspecified atom stereocenters. The van der Waals surface area contributed by atoms with E-state index in [0.29, 0.717) is 17.8 Å². The van der Waals surface area contributed by atoms with Crippen LogP contribution in [0.4, 0.5) is 0 Å². The van der Waals surface area contributed by atoms with Crippen molar-refractivity contribution in [2.24, 2.45) is 0 Å². The van der Waals surface area contributed by atoms with Gasteiger partial charge in [-0.3, -0.25) is 0 Å². The molecule has 0 aliphatic heterocycles. The van der Waals surface area contributed by atoms with Crippen LogP contribution in [0.25, 0.3) is 0 Å². The Morgan fingerprint density at radius 2 is 1.36 bits per heavy atom. The van der Waals surface area contributed by atoms with Crippen molar-refractivity contribution in [3.8, 4) is 5.75 Å². The van der Waals surface area contributed by atoms with Crippen molar-refractivity contribution in [3.05, 3.63) is 65.7 Å². The lowest BCUT2D eigenvalue weighted by atomic mass is 9.87. The average molecular weight is 406 g/mol. The van der Waals surface area contributed by atoms with Crippen molar-refractivity contribution < 1.29 is 26.6 Å². The first-order valence-electron chi connectivity index (χ1n) is 9.04. The van der Waals surface area contributed by atoms with E-state index in [0.717, 1.165) is 23.0 Å². The van der Waals surface area contributed by atoms with Crippen molar-refractivity contribution in [2.75, 3.05) is 13.6 Å². The van der Waals surface area contributed by atoms with Crippen LogP contribution in [-0.2, 0) is 0 Å². The van der Waals surface area contributed by atoms with Crippen molar-refractivity contribution in [2.45, 2.75) is 52.1 Å². The van der Waals surface area contributed by atoms with Gasteiger partial charge in [0.2, 0.25) is 0 Å². The molecule has 0 aliphatic carbocycles. The Balaban J connectivity index is 0.00000312. The zero-order valence-corrected chi connectivity index (χ0v) is 17.7. The number of quaternary nitrogens is 1. The van der Waals surface area contributed by atoms with Crippen molar-refractivity contribution >= 4 is 0 Å². The van der Waals surface area contributed by atoms with E-state index in [2.05, 4.69) is 65.1 Å². The van der Waals surface area contributed by atoms with Gasteiger partial charge >= 0.3 is 0 Å². The molecule has 0 saturated heterocycles. The standard InChI is InChI=1S/C22H31NO.BrH/c1-17(2)23(5,18(3)4)16-15-20(19-11-7-6-8-12-19)21-13-9-10-14-22(21)24;/h6-14,17-18,20H,15-16H2,1-5H3;1H/t20-;/m0./s1. The van der Waals surface area contributed by atoms with Gasteiger partial charge in [-0.05, 0) is 39.3 Å². The van der Waals surface area contributed by atoms with Gasteiger partial charge in [0.05, 0.1) is 25.7 Å². The Morgan fingerprint density at radius 1 is 0.840 bits per heavy atom. The number of phenolic OH excluding ortho intramolecular Hbond substituents is 1. The van der Waals surface area contributed by atoms with Crippen LogP contribution in [-0.4, -0.2) is 35.3 Å². The summed E-state index contributed by atoms with van der Waals surface area (Å²) >= 11 is 0. The van der Waals surface area contributed by atoms with Gasteiger partial charge in [-0.25, -0.2) is 0 Å². The van der Waals surface area contributed by atoms with Gasteiger partial charge in [0, 0.05) is 17.9 Å². The Hall–Kier alpha value is -1.32. The summed E-state index contributed by atoms with van der Waals surface area (Å²) in [6.07, 6.45) is 1.02. The smallest absolute Gasteiger partial charge is 0.119 e. The van der Waals surface area contributed by atoms with Crippen LogP contribution < -0.4 is 17.0 Å². The highest BCUT2D eigenvalue weighted by Gasteiger charge is 2.31. The van der Waals surface area contributed by atoms with Crippen molar-refractivity contribution in [1.29, 1.82) is 0 Å². The summed E-state index contributed by atoms with van der Waals surface area (Å²) in [5, 5.41) is 10.4. The third-order valence-electron chi connectivity index (χ3n) is 5.77. The molecule has 0 radical (unpaired) electrons. The predicted octanol–water partition coefficient (Wildman–Crippen LogP) is 2.18. The quantitative estimate of drug-likeness (QED) is 0.699. The molecule has 2 nitrogen and oxygen atoms in total. The topological polar surface area (TPSA) is 20.2 Å². The third kappa shape index (κ3) is 5.08. The maximum absolute atomic E-state index is 10.4. The van der Waals surface area contributed by atoms with Crippen LogP contribution in [0.2, 0.25) is 0 Å². The first kappa shape index (κ1) is 21.7. The van der Waals surface area contributed by atoms with Gasteiger partial charge in [-0.15, -0.1) is 0 Å². The first-order chi connectivity index (χ1) is 11.4. The lowest BCUT2D eigenvalue weighted by molar-refractivity contribution is -0.949. The minimum atomic E-state index is 0. The molecule has 0 fully saturated rings. The second-order valence-electron chi connectivity index (χ2n) is 7.57. The minimum absolute atomic E-state index is 0. The van der Waals surface area contributed by atoms with Gasteiger partial charge in [0.15, 0.2) is 0 Å². The summed E-state index contributed by atoms with van der Waals surface area (Å²) < 4.78 is 1.04. The number of benzene rings is 2. The van der Waals surface area contributed by atoms with Crippen LogP contribution in [0.5, 0.6) is 5.75 Å². The summed E-state index contributed by atoms with van der Waals surface area (Å²) in [5.41, 5.74) is 2.31. The molecule has 25 heavy (non-hydrogen) atoms. The van der Waals surface area contributed by atoms with E-state index in [9.17, 15) is 5.11 Å². The molecule has 2 rings (SSSR count). The van der Waals surface area contributed by atoms with E-state index in [1.54, 1.807) is 6.07 Å². The Morgan fingerprint density at radius 3 is 1.88 bits per heavy atom. The molecule has 0 amide bonds. The Kier molecular flexibility index (Phi) is 8.17. The lowest BCUT2D eigenvalue weighted by Crippen LogP contribution is -3.00. The van der Waals surface area contributed by atoms with E-state index >= 15 is 0 Å². The number of rotatable bonds is 7. The zero-order valence-electron chi connectivity index (χ0n) is 16.1. The fourth-order valence-electron chi connectivity index (χ4n) is 3.49. The maximum Gasteiger partial charge on any atom is 0.119 e. The zero-order chi connectivity index (χ0) is 17.7. The monoisotopic (exact) mass is 405 g/mol. The second-order valence-corrected chi connectivity index (χ2v) is 7.57. The molecule has 0 aromatic heterocycles. The predicted molar refractivity (Wildman–Crippen MR) is 102 cm³/mol. The Bertz CT molecular complexity index is 631. The molecule has 0 aliphatic rings. The molecule has 0 spiro atoms. The highest BCUT2D eigenvalue weighted by Crippen LogP contribution is 2.35. The molecule has 1 atom stereocenters. The number of aromatic hydroxyl groups is 1. The molecule has 138 valence electrons. The summed E-state index contributed by atoms with van der Waals surface area (Å²) in [5.74, 6) is 0.622. The average Bonchev–Trinajstić information content (AvgIpc) is 2.57. The van der Waals surface area contributed by atoms with E-state index in [4.69, 9.17) is 0 Å². The molecule has 2 aromatic rings. The second kappa shape index (κ2) is 9.40. The van der Waals surface area contributed by atoms with E-state index < -0.39 is 0 Å². The van der Waals surface area contributed by atoms with Gasteiger partial charge < -0.3 is 26.6 Å². The number of para-hydroxylation sites is 1. The summed E-state index contributed by atoms with van der Waals surface area (Å²) in [4.78, 5) is 0. The van der Waals surface area contributed by atoms with Crippen LogP contribution >= 0.6 is 0 Å². The minimum Gasteiger partial charge on any atom is -1.00 e. The van der Waals surface area contributed by atoms with Crippen LogP contribution in [0.3, 0.4) is 0 Å². The number of hydrogen-bond donors (Lipinski definition) is 1. The van der Waals surface area contributed by atoms with Crippen LogP contribution in [0, 0.1) is 0 Å². The van der Waals surface area contributed by atoms with Crippen molar-refractivity contribution in [3.63, 3.8) is 0 Å². The fraction of sp³-hybridized carbons (Fsp3) is 0.455. The number of nitrogens with zero attached hydrogens (tertiary/aromatic N) is 1. The summed E-state index contributed by atoms with van der Waals surface area (Å²) in [6.45, 7) is 10.3. The summed E-state index contributed by atoms with van der Waals surface area (Å²) in [7, 11) is 2.35. The number of halogens is 1.